The van der Waals surface area contributed by atoms with Gasteiger partial charge in [-0.3, -0.25) is 14.9 Å². The van der Waals surface area contributed by atoms with Crippen molar-refractivity contribution in [2.24, 2.45) is 0 Å². The summed E-state index contributed by atoms with van der Waals surface area (Å²) >= 11 is 0. The number of pyridine rings is 1. The Morgan fingerprint density at radius 3 is 2.39 bits per heavy atom. The van der Waals surface area contributed by atoms with Crippen molar-refractivity contribution >= 4 is 11.7 Å². The van der Waals surface area contributed by atoms with Crippen LogP contribution in [0.2, 0.25) is 0 Å². The summed E-state index contributed by atoms with van der Waals surface area (Å²) in [7, 11) is 0. The van der Waals surface area contributed by atoms with Gasteiger partial charge in [0.15, 0.2) is 0 Å². The molecule has 0 atom stereocenters. The van der Waals surface area contributed by atoms with Gasteiger partial charge in [-0.1, -0.05) is 13.3 Å². The normalized spacial score (nSPS) is 10.5. The van der Waals surface area contributed by atoms with Crippen molar-refractivity contribution in [1.29, 1.82) is 0 Å². The fourth-order valence-corrected chi connectivity index (χ4v) is 2.29. The number of nitro groups is 1. The van der Waals surface area contributed by atoms with Crippen LogP contribution >= 0.6 is 0 Å². The Balaban J connectivity index is 2.56. The predicted octanol–water partition coefficient (Wildman–Crippen LogP) is 2.92. The number of hydrogen-bond acceptors (Lipinski definition) is 4. The van der Waals surface area contributed by atoms with Crippen LogP contribution in [0.4, 0.5) is 5.69 Å². The molecule has 2 aromatic rings. The fourth-order valence-electron chi connectivity index (χ4n) is 2.29. The first-order valence-corrected chi connectivity index (χ1v) is 7.17. The van der Waals surface area contributed by atoms with Crippen molar-refractivity contribution in [3.8, 4) is 11.3 Å². The number of rotatable bonds is 6. The van der Waals surface area contributed by atoms with E-state index in [1.165, 1.54) is 22.8 Å². The van der Waals surface area contributed by atoms with E-state index >= 15 is 0 Å². The van der Waals surface area contributed by atoms with Gasteiger partial charge in [0.25, 0.3) is 11.2 Å². The Bertz CT molecular complexity index is 793. The number of benzene rings is 1. The lowest BCUT2D eigenvalue weighted by Gasteiger charge is -2.13. The molecule has 0 aliphatic heterocycles. The van der Waals surface area contributed by atoms with Crippen LogP contribution in [-0.2, 0) is 6.54 Å². The van der Waals surface area contributed by atoms with Crippen molar-refractivity contribution in [2.75, 3.05) is 0 Å². The van der Waals surface area contributed by atoms with Gasteiger partial charge in [-0.25, -0.2) is 4.79 Å². The lowest BCUT2D eigenvalue weighted by Crippen LogP contribution is -2.27. The van der Waals surface area contributed by atoms with E-state index in [4.69, 9.17) is 5.11 Å². The molecule has 0 saturated heterocycles. The highest BCUT2D eigenvalue weighted by molar-refractivity contribution is 5.87. The Kier molecular flexibility index (Phi) is 4.90. The van der Waals surface area contributed by atoms with E-state index in [-0.39, 0.29) is 11.3 Å². The van der Waals surface area contributed by atoms with Gasteiger partial charge in [-0.2, -0.15) is 0 Å². The molecular weight excluding hydrogens is 300 g/mol. The molecule has 0 fully saturated rings. The summed E-state index contributed by atoms with van der Waals surface area (Å²) in [5.74, 6) is -1.27. The van der Waals surface area contributed by atoms with Crippen molar-refractivity contribution in [3.05, 3.63) is 62.4 Å². The number of unbranched alkanes of at least 4 members (excludes halogenated alkanes) is 1. The highest BCUT2D eigenvalue weighted by Gasteiger charge is 2.15. The minimum Gasteiger partial charge on any atom is -0.477 e. The third kappa shape index (κ3) is 3.45. The van der Waals surface area contributed by atoms with Gasteiger partial charge in [-0.15, -0.1) is 0 Å². The van der Waals surface area contributed by atoms with E-state index in [2.05, 4.69) is 0 Å². The van der Waals surface area contributed by atoms with Crippen LogP contribution in [0, 0.1) is 10.1 Å². The van der Waals surface area contributed by atoms with Crippen molar-refractivity contribution in [3.63, 3.8) is 0 Å². The Morgan fingerprint density at radius 2 is 1.87 bits per heavy atom. The molecule has 7 nitrogen and oxygen atoms in total. The molecule has 2 rings (SSSR count). The molecule has 0 bridgehead atoms. The largest absolute Gasteiger partial charge is 0.477 e. The molecule has 120 valence electrons. The van der Waals surface area contributed by atoms with Crippen LogP contribution in [-0.4, -0.2) is 20.6 Å². The van der Waals surface area contributed by atoms with E-state index in [1.54, 1.807) is 18.2 Å². The second-order valence-corrected chi connectivity index (χ2v) is 5.05. The minimum absolute atomic E-state index is 0.0432. The highest BCUT2D eigenvalue weighted by atomic mass is 16.6. The number of nitro benzene ring substituents is 1. The van der Waals surface area contributed by atoms with Gasteiger partial charge in [0.2, 0.25) is 0 Å². The van der Waals surface area contributed by atoms with Crippen LogP contribution in [0.15, 0.2) is 41.2 Å². The number of aromatic nitrogens is 1. The summed E-state index contributed by atoms with van der Waals surface area (Å²) in [6, 6.07) is 8.64. The van der Waals surface area contributed by atoms with Gasteiger partial charge in [-0.05, 0) is 36.2 Å². The first-order chi connectivity index (χ1) is 11.0. The summed E-state index contributed by atoms with van der Waals surface area (Å²) in [6.45, 7) is 2.36. The summed E-state index contributed by atoms with van der Waals surface area (Å²) in [4.78, 5) is 33.7. The number of aromatic carboxylic acids is 1. The molecule has 0 amide bonds. The molecule has 1 aromatic carbocycles. The van der Waals surface area contributed by atoms with Crippen molar-refractivity contribution < 1.29 is 14.8 Å². The zero-order valence-corrected chi connectivity index (χ0v) is 12.6. The van der Waals surface area contributed by atoms with Gasteiger partial charge in [0.05, 0.1) is 10.6 Å². The number of carbonyl (C=O) groups is 1. The minimum atomic E-state index is -1.27. The first kappa shape index (κ1) is 16.4. The smallest absolute Gasteiger partial charge is 0.341 e. The quantitative estimate of drug-likeness (QED) is 0.652. The van der Waals surface area contributed by atoms with Crippen LogP contribution < -0.4 is 5.56 Å². The SMILES string of the molecule is CCCCn1c(-c2ccc([N+](=O)[O-])cc2)ccc(C(=O)O)c1=O. The molecule has 1 aromatic heterocycles. The molecule has 0 aliphatic carbocycles. The Labute approximate surface area is 132 Å². The zero-order valence-electron chi connectivity index (χ0n) is 12.6. The second-order valence-electron chi connectivity index (χ2n) is 5.05. The maximum atomic E-state index is 12.4. The standard InChI is InChI=1S/C16H16N2O5/c1-2-3-10-17-14(9-8-13(15(17)19)16(20)21)11-4-6-12(7-5-11)18(22)23/h4-9H,2-3,10H2,1H3,(H,20,21). The number of nitrogens with zero attached hydrogens (tertiary/aromatic N) is 2. The van der Waals surface area contributed by atoms with Crippen molar-refractivity contribution in [1.82, 2.24) is 4.57 Å². The number of carboxylic acids is 1. The summed E-state index contributed by atoms with van der Waals surface area (Å²) in [5.41, 5.74) is 0.274. The third-order valence-electron chi connectivity index (χ3n) is 3.51. The second kappa shape index (κ2) is 6.87. The van der Waals surface area contributed by atoms with Crippen LogP contribution in [0.5, 0.6) is 0 Å². The topological polar surface area (TPSA) is 102 Å². The average molecular weight is 316 g/mol. The summed E-state index contributed by atoms with van der Waals surface area (Å²) in [6.07, 6.45) is 1.58. The highest BCUT2D eigenvalue weighted by Crippen LogP contribution is 2.22. The van der Waals surface area contributed by atoms with Gasteiger partial charge >= 0.3 is 5.97 Å². The van der Waals surface area contributed by atoms with E-state index in [0.717, 1.165) is 12.8 Å². The molecule has 0 spiro atoms. The fraction of sp³-hybridized carbons (Fsp3) is 0.250. The molecule has 0 aliphatic rings. The number of hydrogen-bond donors (Lipinski definition) is 1. The van der Waals surface area contributed by atoms with Crippen molar-refractivity contribution in [2.45, 2.75) is 26.3 Å². The lowest BCUT2D eigenvalue weighted by atomic mass is 10.1. The Hall–Kier alpha value is -2.96. The zero-order chi connectivity index (χ0) is 17.0. The lowest BCUT2D eigenvalue weighted by molar-refractivity contribution is -0.384. The number of carboxylic acid groups (broad SMARTS) is 1. The van der Waals surface area contributed by atoms with E-state index in [9.17, 15) is 19.7 Å². The van der Waals surface area contributed by atoms with Gasteiger partial charge in [0.1, 0.15) is 5.56 Å². The van der Waals surface area contributed by atoms with Crippen LogP contribution in [0.1, 0.15) is 30.1 Å². The van der Waals surface area contributed by atoms with E-state index < -0.39 is 16.5 Å². The molecule has 0 saturated carbocycles. The Morgan fingerprint density at radius 1 is 1.22 bits per heavy atom. The molecule has 23 heavy (non-hydrogen) atoms. The van der Waals surface area contributed by atoms with Gasteiger partial charge < -0.3 is 9.67 Å². The molecule has 0 radical (unpaired) electrons. The van der Waals surface area contributed by atoms with Gasteiger partial charge in [0, 0.05) is 18.7 Å². The maximum Gasteiger partial charge on any atom is 0.341 e. The van der Waals surface area contributed by atoms with E-state index in [1.807, 2.05) is 6.92 Å². The average Bonchev–Trinajstić information content (AvgIpc) is 2.53. The molecule has 1 N–H and O–H groups in total. The molecule has 0 unspecified atom stereocenters. The van der Waals surface area contributed by atoms with Crippen LogP contribution in [0.25, 0.3) is 11.3 Å². The van der Waals surface area contributed by atoms with Crippen LogP contribution in [0.3, 0.4) is 0 Å². The third-order valence-corrected chi connectivity index (χ3v) is 3.51. The summed E-state index contributed by atoms with van der Waals surface area (Å²) in [5, 5.41) is 19.8. The van der Waals surface area contributed by atoms with E-state index in [0.29, 0.717) is 17.8 Å². The molecule has 1 heterocycles. The summed E-state index contributed by atoms with van der Waals surface area (Å²) < 4.78 is 1.41. The predicted molar refractivity (Wildman–Crippen MR) is 84.7 cm³/mol. The number of non-ortho nitro benzene ring substituents is 1. The molecule has 7 heteroatoms. The first-order valence-electron chi connectivity index (χ1n) is 7.17. The maximum absolute atomic E-state index is 12.4. The molecular formula is C16H16N2O5. The monoisotopic (exact) mass is 316 g/mol.